The van der Waals surface area contributed by atoms with Crippen molar-refractivity contribution in [1.29, 1.82) is 0 Å². The van der Waals surface area contributed by atoms with Crippen LogP contribution in [0.15, 0.2) is 84.9 Å². The highest BCUT2D eigenvalue weighted by Crippen LogP contribution is 2.38. The molecule has 0 radical (unpaired) electrons. The van der Waals surface area contributed by atoms with E-state index in [1.807, 2.05) is 43.3 Å². The third-order valence-electron chi connectivity index (χ3n) is 4.79. The van der Waals surface area contributed by atoms with E-state index in [4.69, 9.17) is 0 Å². The van der Waals surface area contributed by atoms with Crippen LogP contribution in [0.5, 0.6) is 5.75 Å². The zero-order chi connectivity index (χ0) is 25.5. The Morgan fingerprint density at radius 2 is 1.63 bits per heavy atom. The van der Waals surface area contributed by atoms with Gasteiger partial charge in [-0.2, -0.15) is 5.10 Å². The molecule has 2 amide bonds. The van der Waals surface area contributed by atoms with Crippen LogP contribution in [-0.2, 0) is 4.79 Å². The topological polar surface area (TPSA) is 94.0 Å². The fourth-order valence-electron chi connectivity index (χ4n) is 2.91. The van der Waals surface area contributed by atoms with Crippen LogP contribution in [0.1, 0.15) is 21.5 Å². The lowest BCUT2D eigenvalue weighted by molar-refractivity contribution is -0.117. The minimum absolute atomic E-state index is 0.00198. The van der Waals surface area contributed by atoms with Crippen molar-refractivity contribution >= 4 is 77.6 Å². The molecule has 0 spiro atoms. The Hall–Kier alpha value is -2.95. The fraction of sp³-hybridized carbons (Fsp3) is 0.0800. The number of hydrogen-bond donors (Lipinski definition) is 3. The van der Waals surface area contributed by atoms with Gasteiger partial charge in [-0.05, 0) is 73.8 Å². The first-order valence-corrected chi connectivity index (χ1v) is 12.6. The van der Waals surface area contributed by atoms with Crippen molar-refractivity contribution in [1.82, 2.24) is 10.7 Å². The van der Waals surface area contributed by atoms with E-state index in [2.05, 4.69) is 63.6 Å². The molecule has 3 N–H and O–H groups in total. The number of anilines is 1. The minimum Gasteiger partial charge on any atom is -0.506 e. The molecule has 0 unspecified atom stereocenters. The molecule has 10 heteroatoms. The van der Waals surface area contributed by atoms with Crippen molar-refractivity contribution in [2.45, 2.75) is 0 Å². The van der Waals surface area contributed by atoms with Gasteiger partial charge in [0.25, 0.3) is 11.8 Å². The molecule has 3 aromatic rings. The van der Waals surface area contributed by atoms with Crippen LogP contribution < -0.4 is 15.6 Å². The van der Waals surface area contributed by atoms with Gasteiger partial charge in [0.05, 0.1) is 15.2 Å². The van der Waals surface area contributed by atoms with Crippen molar-refractivity contribution in [3.63, 3.8) is 0 Å². The van der Waals surface area contributed by atoms with Crippen molar-refractivity contribution in [3.05, 3.63) is 96.5 Å². The molecular weight excluding hydrogens is 644 g/mol. The fourth-order valence-corrected chi connectivity index (χ4v) is 5.23. The molecule has 0 heterocycles. The highest BCUT2D eigenvalue weighted by Gasteiger charge is 2.15. The summed E-state index contributed by atoms with van der Waals surface area (Å²) in [5.74, 6) is -1.04. The molecule has 35 heavy (non-hydrogen) atoms. The van der Waals surface area contributed by atoms with Crippen LogP contribution in [0.4, 0.5) is 5.69 Å². The predicted molar refractivity (Wildman–Crippen MR) is 150 cm³/mol. The normalized spacial score (nSPS) is 11.4. The number of phenols is 1. The smallest absolute Gasteiger partial charge is 0.287 e. The number of hydrogen-bond acceptors (Lipinski definition) is 5. The molecule has 7 nitrogen and oxygen atoms in total. The molecule has 0 atom stereocenters. The van der Waals surface area contributed by atoms with Crippen molar-refractivity contribution in [3.8, 4) is 5.75 Å². The lowest BCUT2D eigenvalue weighted by Gasteiger charge is -2.13. The molecule has 0 bridgehead atoms. The molecule has 0 aliphatic rings. The average molecular weight is 665 g/mol. The van der Waals surface area contributed by atoms with E-state index in [1.165, 1.54) is 6.21 Å². The number of benzene rings is 3. The van der Waals surface area contributed by atoms with Crippen molar-refractivity contribution in [2.75, 3.05) is 19.0 Å². The third kappa shape index (κ3) is 7.03. The van der Waals surface area contributed by atoms with Gasteiger partial charge >= 0.3 is 0 Å². The number of amides is 2. The van der Waals surface area contributed by atoms with Crippen LogP contribution in [0, 0.1) is 0 Å². The summed E-state index contributed by atoms with van der Waals surface area (Å²) in [7, 11) is 3.87. The molecule has 0 aliphatic heterocycles. The summed E-state index contributed by atoms with van der Waals surface area (Å²) < 4.78 is 1.53. The van der Waals surface area contributed by atoms with Crippen LogP contribution in [0.25, 0.3) is 6.08 Å². The molecule has 0 saturated carbocycles. The van der Waals surface area contributed by atoms with Crippen LogP contribution in [-0.4, -0.2) is 37.2 Å². The quantitative estimate of drug-likeness (QED) is 0.173. The van der Waals surface area contributed by atoms with Gasteiger partial charge in [-0.1, -0.05) is 46.3 Å². The third-order valence-corrected chi connectivity index (χ3v) is 6.85. The first-order chi connectivity index (χ1) is 16.7. The van der Waals surface area contributed by atoms with Gasteiger partial charge in [0.2, 0.25) is 0 Å². The van der Waals surface area contributed by atoms with E-state index in [0.29, 0.717) is 24.5 Å². The van der Waals surface area contributed by atoms with Gasteiger partial charge in [0, 0.05) is 35.4 Å². The molecule has 0 aromatic heterocycles. The Morgan fingerprint density at radius 3 is 2.26 bits per heavy atom. The zero-order valence-corrected chi connectivity index (χ0v) is 23.5. The molecule has 0 aliphatic carbocycles. The van der Waals surface area contributed by atoms with E-state index in [1.54, 1.807) is 42.5 Å². The van der Waals surface area contributed by atoms with Gasteiger partial charge in [-0.25, -0.2) is 5.43 Å². The van der Waals surface area contributed by atoms with Gasteiger partial charge in [-0.3, -0.25) is 9.59 Å². The summed E-state index contributed by atoms with van der Waals surface area (Å²) in [6.07, 6.45) is 2.95. The Bertz CT molecular complexity index is 1290. The van der Waals surface area contributed by atoms with Gasteiger partial charge < -0.3 is 15.3 Å². The number of carbonyl (C=O) groups excluding carboxylic acids is 2. The second-order valence-corrected chi connectivity index (χ2v) is 9.98. The number of aromatic hydroxyl groups is 1. The standard InChI is InChI=1S/C25H21Br3N4O3/c1-32(2)17-10-8-15(9-11-17)12-21(30-24(34)16-6-4-3-5-7-16)25(35)31-29-14-18-19(26)13-20(27)23(33)22(18)28/h3-14,33H,1-2H3,(H,30,34)(H,31,35). The monoisotopic (exact) mass is 662 g/mol. The second kappa shape index (κ2) is 12.1. The Labute approximate surface area is 228 Å². The average Bonchev–Trinajstić information content (AvgIpc) is 2.85. The zero-order valence-electron chi connectivity index (χ0n) is 18.7. The van der Waals surface area contributed by atoms with E-state index >= 15 is 0 Å². The van der Waals surface area contributed by atoms with Crippen LogP contribution >= 0.6 is 47.8 Å². The van der Waals surface area contributed by atoms with Crippen LogP contribution in [0.2, 0.25) is 0 Å². The number of nitrogens with one attached hydrogen (secondary N) is 2. The van der Waals surface area contributed by atoms with E-state index in [0.717, 1.165) is 11.3 Å². The number of halogens is 3. The maximum atomic E-state index is 13.0. The number of carbonyl (C=O) groups is 2. The SMILES string of the molecule is CN(C)c1ccc(C=C(NC(=O)c2ccccc2)C(=O)NN=Cc2c(Br)cc(Br)c(O)c2Br)cc1. The Balaban J connectivity index is 1.86. The molecular formula is C25H21Br3N4O3. The number of nitrogens with zero attached hydrogens (tertiary/aromatic N) is 2. The summed E-state index contributed by atoms with van der Waals surface area (Å²) in [5, 5.41) is 16.8. The summed E-state index contributed by atoms with van der Waals surface area (Å²) in [5.41, 5.74) is 5.10. The highest BCUT2D eigenvalue weighted by atomic mass is 79.9. The Morgan fingerprint density at radius 1 is 0.971 bits per heavy atom. The summed E-state index contributed by atoms with van der Waals surface area (Å²) in [6, 6.07) is 17.8. The lowest BCUT2D eigenvalue weighted by Crippen LogP contribution is -2.32. The molecule has 3 rings (SSSR count). The van der Waals surface area contributed by atoms with Crippen LogP contribution in [0.3, 0.4) is 0 Å². The summed E-state index contributed by atoms with van der Waals surface area (Å²) >= 11 is 9.96. The number of phenolic OH excluding ortho intramolecular Hbond substituents is 1. The summed E-state index contributed by atoms with van der Waals surface area (Å²) in [4.78, 5) is 27.7. The van der Waals surface area contributed by atoms with Crippen molar-refractivity contribution < 1.29 is 14.7 Å². The summed E-state index contributed by atoms with van der Waals surface area (Å²) in [6.45, 7) is 0. The predicted octanol–water partition coefficient (Wildman–Crippen LogP) is 5.67. The van der Waals surface area contributed by atoms with E-state index in [9.17, 15) is 14.7 Å². The van der Waals surface area contributed by atoms with Gasteiger partial charge in [0.1, 0.15) is 11.4 Å². The maximum Gasteiger partial charge on any atom is 0.287 e. The highest BCUT2D eigenvalue weighted by molar-refractivity contribution is 9.11. The van der Waals surface area contributed by atoms with Crippen molar-refractivity contribution in [2.24, 2.45) is 5.10 Å². The lowest BCUT2D eigenvalue weighted by atomic mass is 10.1. The molecule has 180 valence electrons. The maximum absolute atomic E-state index is 13.0. The first kappa shape index (κ1) is 26.7. The van der Waals surface area contributed by atoms with Gasteiger partial charge in [-0.15, -0.1) is 0 Å². The number of rotatable bonds is 7. The van der Waals surface area contributed by atoms with Gasteiger partial charge in [0.15, 0.2) is 0 Å². The molecule has 3 aromatic carbocycles. The minimum atomic E-state index is -0.615. The van der Waals surface area contributed by atoms with E-state index in [-0.39, 0.29) is 11.4 Å². The largest absolute Gasteiger partial charge is 0.506 e. The first-order valence-electron chi connectivity index (χ1n) is 10.2. The Kier molecular flexibility index (Phi) is 9.25. The van der Waals surface area contributed by atoms with E-state index < -0.39 is 11.8 Å². The molecule has 0 saturated heterocycles. The second-order valence-electron chi connectivity index (χ2n) is 7.48. The molecule has 0 fully saturated rings. The number of hydrazone groups is 1.